The monoisotopic (exact) mass is 503 g/mol. The van der Waals surface area contributed by atoms with Crippen LogP contribution in [0.25, 0.3) is 0 Å². The molecule has 0 radical (unpaired) electrons. The standard InChI is InChI=1S/C29H27Cl2N3O/c1-29(2)17-26(21-6-4-3-5-7-21)33-28-25(18-32-34(28)29)27(35)16-24(19-8-12-22(30)13-9-19)20-10-14-23(31)15-11-20/h3-15,18,24,26,33H,16-17H2,1-2H3. The first-order valence-electron chi connectivity index (χ1n) is 11.8. The molecule has 0 amide bonds. The molecule has 35 heavy (non-hydrogen) atoms. The number of halogens is 2. The normalized spacial score (nSPS) is 16.5. The van der Waals surface area contributed by atoms with Gasteiger partial charge in [-0.05, 0) is 61.2 Å². The van der Waals surface area contributed by atoms with Crippen molar-refractivity contribution in [3.63, 3.8) is 0 Å². The van der Waals surface area contributed by atoms with Crippen molar-refractivity contribution in [1.82, 2.24) is 9.78 Å². The summed E-state index contributed by atoms with van der Waals surface area (Å²) in [6.45, 7) is 4.33. The quantitative estimate of drug-likeness (QED) is 0.272. The number of rotatable bonds is 6. The summed E-state index contributed by atoms with van der Waals surface area (Å²) in [5.74, 6) is 0.693. The van der Waals surface area contributed by atoms with Crippen LogP contribution in [0.2, 0.25) is 10.0 Å². The number of benzene rings is 3. The maximum absolute atomic E-state index is 13.8. The van der Waals surface area contributed by atoms with Crippen molar-refractivity contribution in [2.45, 2.75) is 44.2 Å². The minimum absolute atomic E-state index is 0.0400. The zero-order chi connectivity index (χ0) is 24.6. The van der Waals surface area contributed by atoms with E-state index >= 15 is 0 Å². The smallest absolute Gasteiger partial charge is 0.169 e. The second-order valence-electron chi connectivity index (χ2n) is 9.73. The Morgan fingerprint density at radius 3 is 2.11 bits per heavy atom. The highest BCUT2D eigenvalue weighted by Crippen LogP contribution is 2.41. The summed E-state index contributed by atoms with van der Waals surface area (Å²) >= 11 is 12.3. The van der Waals surface area contributed by atoms with Crippen LogP contribution in [0.4, 0.5) is 5.82 Å². The van der Waals surface area contributed by atoms with Gasteiger partial charge in [0.2, 0.25) is 0 Å². The van der Waals surface area contributed by atoms with E-state index in [0.29, 0.717) is 22.0 Å². The van der Waals surface area contributed by atoms with Gasteiger partial charge in [-0.3, -0.25) is 4.79 Å². The molecule has 4 nitrogen and oxygen atoms in total. The van der Waals surface area contributed by atoms with Gasteiger partial charge in [0.15, 0.2) is 5.78 Å². The summed E-state index contributed by atoms with van der Waals surface area (Å²) < 4.78 is 1.96. The Balaban J connectivity index is 1.49. The van der Waals surface area contributed by atoms with Crippen molar-refractivity contribution < 1.29 is 4.79 Å². The average molecular weight is 504 g/mol. The lowest BCUT2D eigenvalue weighted by atomic mass is 9.85. The lowest BCUT2D eigenvalue weighted by Gasteiger charge is -2.38. The summed E-state index contributed by atoms with van der Waals surface area (Å²) in [4.78, 5) is 13.8. The van der Waals surface area contributed by atoms with E-state index in [1.165, 1.54) is 5.56 Å². The van der Waals surface area contributed by atoms with E-state index < -0.39 is 0 Å². The first-order valence-corrected chi connectivity index (χ1v) is 12.5. The van der Waals surface area contributed by atoms with Crippen LogP contribution >= 0.6 is 23.2 Å². The van der Waals surface area contributed by atoms with Crippen LogP contribution in [-0.2, 0) is 5.54 Å². The van der Waals surface area contributed by atoms with Crippen LogP contribution < -0.4 is 5.32 Å². The summed E-state index contributed by atoms with van der Waals surface area (Å²) in [6, 6.07) is 25.8. The Bertz CT molecular complexity index is 1280. The molecule has 3 aromatic carbocycles. The van der Waals surface area contributed by atoms with Gasteiger partial charge >= 0.3 is 0 Å². The van der Waals surface area contributed by atoms with Crippen LogP contribution in [0.1, 0.15) is 65.7 Å². The molecule has 1 unspecified atom stereocenters. The maximum atomic E-state index is 13.8. The first kappa shape index (κ1) is 23.7. The number of nitrogens with one attached hydrogen (secondary N) is 1. The van der Waals surface area contributed by atoms with E-state index in [1.807, 2.05) is 71.4 Å². The number of anilines is 1. The Labute approximate surface area is 215 Å². The molecule has 0 fully saturated rings. The highest BCUT2D eigenvalue weighted by molar-refractivity contribution is 6.30. The van der Waals surface area contributed by atoms with Crippen LogP contribution in [-0.4, -0.2) is 15.6 Å². The zero-order valence-corrected chi connectivity index (χ0v) is 21.2. The number of hydrogen-bond donors (Lipinski definition) is 1. The van der Waals surface area contributed by atoms with Gasteiger partial charge < -0.3 is 5.32 Å². The zero-order valence-electron chi connectivity index (χ0n) is 19.7. The van der Waals surface area contributed by atoms with E-state index in [-0.39, 0.29) is 23.3 Å². The highest BCUT2D eigenvalue weighted by Gasteiger charge is 2.37. The third kappa shape index (κ3) is 4.86. The number of carbonyl (C=O) groups excluding carboxylic acids is 1. The molecule has 1 aromatic heterocycles. The number of nitrogens with zero attached hydrogens (tertiary/aromatic N) is 2. The maximum Gasteiger partial charge on any atom is 0.169 e. The van der Waals surface area contributed by atoms with E-state index in [0.717, 1.165) is 23.4 Å². The lowest BCUT2D eigenvalue weighted by Crippen LogP contribution is -2.38. The van der Waals surface area contributed by atoms with Gasteiger partial charge in [0.25, 0.3) is 0 Å². The molecule has 1 N–H and O–H groups in total. The molecule has 5 rings (SSSR count). The number of ketones is 1. The number of carbonyl (C=O) groups is 1. The summed E-state index contributed by atoms with van der Waals surface area (Å²) in [5.41, 5.74) is 3.65. The van der Waals surface area contributed by atoms with Crippen LogP contribution in [0, 0.1) is 0 Å². The van der Waals surface area contributed by atoms with Crippen molar-refractivity contribution in [2.24, 2.45) is 0 Å². The van der Waals surface area contributed by atoms with E-state index in [4.69, 9.17) is 23.2 Å². The molecule has 2 heterocycles. The molecular formula is C29H27Cl2N3O. The molecule has 0 spiro atoms. The SMILES string of the molecule is CC1(C)CC(c2ccccc2)Nc2c(C(=O)CC(c3ccc(Cl)cc3)c3ccc(Cl)cc3)cnn21. The number of hydrogen-bond acceptors (Lipinski definition) is 3. The van der Waals surface area contributed by atoms with Crippen molar-refractivity contribution in [2.75, 3.05) is 5.32 Å². The minimum Gasteiger partial charge on any atom is -0.363 e. The number of Topliss-reactive ketones (excluding diaryl/α,β-unsaturated/α-hetero) is 1. The van der Waals surface area contributed by atoms with Crippen molar-refractivity contribution in [1.29, 1.82) is 0 Å². The van der Waals surface area contributed by atoms with E-state index in [2.05, 4.69) is 36.4 Å². The fourth-order valence-corrected chi connectivity index (χ4v) is 5.20. The Morgan fingerprint density at radius 1 is 0.971 bits per heavy atom. The molecule has 0 saturated carbocycles. The third-order valence-corrected chi connectivity index (χ3v) is 7.30. The Hall–Kier alpha value is -3.08. The van der Waals surface area contributed by atoms with Crippen LogP contribution in [0.15, 0.2) is 85.1 Å². The molecule has 0 bridgehead atoms. The second kappa shape index (κ2) is 9.52. The van der Waals surface area contributed by atoms with Gasteiger partial charge in [-0.1, -0.05) is 77.8 Å². The minimum atomic E-state index is -0.231. The van der Waals surface area contributed by atoms with Crippen molar-refractivity contribution in [3.05, 3.63) is 117 Å². The molecule has 4 aromatic rings. The van der Waals surface area contributed by atoms with Gasteiger partial charge in [0.05, 0.1) is 23.3 Å². The summed E-state index contributed by atoms with van der Waals surface area (Å²) in [7, 11) is 0. The fourth-order valence-electron chi connectivity index (χ4n) is 4.95. The predicted molar refractivity (Wildman–Crippen MR) is 143 cm³/mol. The molecule has 0 saturated heterocycles. The molecule has 178 valence electrons. The molecule has 6 heteroatoms. The fraction of sp³-hybridized carbons (Fsp3) is 0.241. The predicted octanol–water partition coefficient (Wildman–Crippen LogP) is 7.89. The van der Waals surface area contributed by atoms with Gasteiger partial charge in [-0.25, -0.2) is 4.68 Å². The lowest BCUT2D eigenvalue weighted by molar-refractivity contribution is 0.0978. The van der Waals surface area contributed by atoms with E-state index in [1.54, 1.807) is 6.20 Å². The Morgan fingerprint density at radius 2 is 1.54 bits per heavy atom. The summed E-state index contributed by atoms with van der Waals surface area (Å²) in [5, 5.41) is 9.58. The average Bonchev–Trinajstić information content (AvgIpc) is 3.29. The largest absolute Gasteiger partial charge is 0.363 e. The highest BCUT2D eigenvalue weighted by atomic mass is 35.5. The molecular weight excluding hydrogens is 477 g/mol. The topological polar surface area (TPSA) is 46.9 Å². The van der Waals surface area contributed by atoms with Crippen molar-refractivity contribution in [3.8, 4) is 0 Å². The Kier molecular flexibility index (Phi) is 6.43. The van der Waals surface area contributed by atoms with Gasteiger partial charge in [0.1, 0.15) is 5.82 Å². The van der Waals surface area contributed by atoms with Gasteiger partial charge in [-0.2, -0.15) is 5.10 Å². The van der Waals surface area contributed by atoms with E-state index in [9.17, 15) is 4.79 Å². The third-order valence-electron chi connectivity index (χ3n) is 6.79. The number of fused-ring (bicyclic) bond motifs is 1. The van der Waals surface area contributed by atoms with Crippen LogP contribution in [0.3, 0.4) is 0 Å². The van der Waals surface area contributed by atoms with Gasteiger partial charge in [0, 0.05) is 22.4 Å². The van der Waals surface area contributed by atoms with Crippen LogP contribution in [0.5, 0.6) is 0 Å². The van der Waals surface area contributed by atoms with Crippen molar-refractivity contribution >= 4 is 34.8 Å². The molecule has 1 atom stereocenters. The van der Waals surface area contributed by atoms with Gasteiger partial charge in [-0.15, -0.1) is 0 Å². The molecule has 1 aliphatic rings. The molecule has 0 aliphatic carbocycles. The molecule has 1 aliphatic heterocycles. The summed E-state index contributed by atoms with van der Waals surface area (Å²) in [6.07, 6.45) is 2.89. The first-order chi connectivity index (χ1) is 16.8. The second-order valence-corrected chi connectivity index (χ2v) is 10.6. The number of aromatic nitrogens is 2.